The summed E-state index contributed by atoms with van der Waals surface area (Å²) in [5.41, 5.74) is 12.4. The number of hydrogen-bond donors (Lipinski definition) is 0. The molecule has 0 heteroatoms. The van der Waals surface area contributed by atoms with Crippen molar-refractivity contribution in [2.75, 3.05) is 0 Å². The molecule has 0 N–H and O–H groups in total. The van der Waals surface area contributed by atoms with Gasteiger partial charge in [0.05, 0.1) is 0 Å². The maximum atomic E-state index is 2.32. The van der Waals surface area contributed by atoms with Gasteiger partial charge in [-0.15, -0.1) is 0 Å². The zero-order valence-electron chi connectivity index (χ0n) is 32.9. The first kappa shape index (κ1) is 34.3. The van der Waals surface area contributed by atoms with Crippen molar-refractivity contribution in [3.05, 3.63) is 231 Å². The Hall–Kier alpha value is -7.80. The van der Waals surface area contributed by atoms with Gasteiger partial charge in [-0.3, -0.25) is 0 Å². The molecule has 0 spiro atoms. The molecular weight excluding hydrogens is 721 g/mol. The molecule has 0 amide bonds. The summed E-state index contributed by atoms with van der Waals surface area (Å²) < 4.78 is 0. The third-order valence-electron chi connectivity index (χ3n) is 12.5. The number of hydrogen-bond acceptors (Lipinski definition) is 0. The van der Waals surface area contributed by atoms with Gasteiger partial charge in [-0.05, 0) is 181 Å². The molecule has 60 heavy (non-hydrogen) atoms. The van der Waals surface area contributed by atoms with Crippen LogP contribution < -0.4 is 0 Å². The molecule has 12 aromatic rings. The van der Waals surface area contributed by atoms with E-state index in [0.29, 0.717) is 0 Å². The molecule has 0 aliphatic rings. The van der Waals surface area contributed by atoms with Crippen molar-refractivity contribution in [1.82, 2.24) is 0 Å². The molecule has 0 saturated carbocycles. The fraction of sp³-hybridized carbons (Fsp3) is 0. The molecule has 0 nitrogen and oxygen atoms in total. The largest absolute Gasteiger partial charge is 0.0616 e. The summed E-state index contributed by atoms with van der Waals surface area (Å²) in [5.74, 6) is 0. The molecule has 0 radical (unpaired) electrons. The Labute approximate surface area is 349 Å². The van der Waals surface area contributed by atoms with Crippen molar-refractivity contribution in [3.63, 3.8) is 0 Å². The zero-order chi connectivity index (χ0) is 39.6. The molecule has 0 unspecified atom stereocenters. The van der Waals surface area contributed by atoms with Crippen LogP contribution in [-0.4, -0.2) is 0 Å². The van der Waals surface area contributed by atoms with E-state index in [2.05, 4.69) is 231 Å². The fourth-order valence-corrected chi connectivity index (χ4v) is 9.16. The van der Waals surface area contributed by atoms with Gasteiger partial charge >= 0.3 is 0 Å². The van der Waals surface area contributed by atoms with Gasteiger partial charge < -0.3 is 0 Å². The average Bonchev–Trinajstić information content (AvgIpc) is 3.32. The van der Waals surface area contributed by atoms with Crippen LogP contribution in [0.5, 0.6) is 0 Å². The molecule has 0 fully saturated rings. The first-order chi connectivity index (χ1) is 29.6. The highest BCUT2D eigenvalue weighted by atomic mass is 14.1. The van der Waals surface area contributed by atoms with Crippen molar-refractivity contribution in [2.24, 2.45) is 0 Å². The monoisotopic (exact) mass is 758 g/mol. The minimum atomic E-state index is 1.23. The topological polar surface area (TPSA) is 0 Å². The van der Waals surface area contributed by atoms with E-state index in [0.717, 1.165) is 0 Å². The molecule has 0 aromatic heterocycles. The molecule has 0 bridgehead atoms. The lowest BCUT2D eigenvalue weighted by atomic mass is 9.94. The molecule has 278 valence electrons. The average molecular weight is 759 g/mol. The second-order valence-corrected chi connectivity index (χ2v) is 16.2. The first-order valence-electron chi connectivity index (χ1n) is 20.8. The number of rotatable bonds is 5. The summed E-state index contributed by atoms with van der Waals surface area (Å²) in [6, 6.07) is 85.2. The Morgan fingerprint density at radius 3 is 0.433 bits per heavy atom. The lowest BCUT2D eigenvalue weighted by Crippen LogP contribution is -1.85. The van der Waals surface area contributed by atoms with Gasteiger partial charge in [0.15, 0.2) is 0 Å². The SMILES string of the molecule is c1ccc2cc(-c3ccc4cc(-c5ccc6cc(-c7ccc8cc(-c9ccc%10cc(-c%11ccc%12ccccc%12c%11)ccc%10c9)ccc8c7)ccc6c5)ccc4c3)ccc2c1. The normalized spacial score (nSPS) is 11.7. The van der Waals surface area contributed by atoms with Gasteiger partial charge in [0.25, 0.3) is 0 Å². The molecule has 0 aliphatic heterocycles. The minimum Gasteiger partial charge on any atom is -0.0616 e. The second kappa shape index (κ2) is 13.9. The van der Waals surface area contributed by atoms with Gasteiger partial charge in [0, 0.05) is 0 Å². The molecule has 0 heterocycles. The van der Waals surface area contributed by atoms with Crippen LogP contribution >= 0.6 is 0 Å². The maximum absolute atomic E-state index is 2.32. The van der Waals surface area contributed by atoms with Gasteiger partial charge in [-0.25, -0.2) is 0 Å². The van der Waals surface area contributed by atoms with Crippen LogP contribution in [0.2, 0.25) is 0 Å². The Balaban J connectivity index is 0.783. The Bertz CT molecular complexity index is 3420. The molecule has 12 rings (SSSR count). The Kier molecular flexibility index (Phi) is 7.96. The lowest BCUT2D eigenvalue weighted by molar-refractivity contribution is 1.64. The van der Waals surface area contributed by atoms with Gasteiger partial charge in [0.1, 0.15) is 0 Å². The van der Waals surface area contributed by atoms with Crippen LogP contribution in [0.4, 0.5) is 0 Å². The van der Waals surface area contributed by atoms with Gasteiger partial charge in [-0.1, -0.05) is 170 Å². The minimum absolute atomic E-state index is 1.23. The summed E-state index contributed by atoms with van der Waals surface area (Å²) in [7, 11) is 0. The Morgan fingerprint density at radius 1 is 0.117 bits per heavy atom. The second-order valence-electron chi connectivity index (χ2n) is 16.2. The highest BCUT2D eigenvalue weighted by Crippen LogP contribution is 2.35. The van der Waals surface area contributed by atoms with Crippen LogP contribution in [0.25, 0.3) is 120 Å². The van der Waals surface area contributed by atoms with Crippen molar-refractivity contribution >= 4 is 64.6 Å². The fourth-order valence-electron chi connectivity index (χ4n) is 9.16. The van der Waals surface area contributed by atoms with Gasteiger partial charge in [0.2, 0.25) is 0 Å². The highest BCUT2D eigenvalue weighted by Gasteiger charge is 2.09. The third-order valence-corrected chi connectivity index (χ3v) is 12.5. The lowest BCUT2D eigenvalue weighted by Gasteiger charge is -2.11. The number of benzene rings is 12. The van der Waals surface area contributed by atoms with Crippen molar-refractivity contribution in [3.8, 4) is 55.6 Å². The summed E-state index contributed by atoms with van der Waals surface area (Å²) >= 11 is 0. The van der Waals surface area contributed by atoms with E-state index in [1.807, 2.05) is 0 Å². The molecule has 12 aromatic carbocycles. The van der Waals surface area contributed by atoms with Crippen LogP contribution in [0.15, 0.2) is 231 Å². The third kappa shape index (κ3) is 6.18. The van der Waals surface area contributed by atoms with Crippen molar-refractivity contribution in [2.45, 2.75) is 0 Å². The summed E-state index contributed by atoms with van der Waals surface area (Å²) in [4.78, 5) is 0. The summed E-state index contributed by atoms with van der Waals surface area (Å²) in [6.07, 6.45) is 0. The summed E-state index contributed by atoms with van der Waals surface area (Å²) in [6.45, 7) is 0. The predicted molar refractivity (Wildman–Crippen MR) is 259 cm³/mol. The van der Waals surface area contributed by atoms with E-state index >= 15 is 0 Å². The smallest absolute Gasteiger partial charge is 0.0177 e. The molecule has 0 saturated heterocycles. The standard InChI is InChI=1S/C60H38/c1-3-7-41-29-43(11-9-39(41)5-1)45-13-15-49-33-51(19-17-47(49)31-45)53-21-23-57-37-59(27-25-55(57)35-53)60-28-26-56-36-54(22-24-58(56)38-60)52-20-18-48-32-46(14-16-50(48)34-52)44-12-10-40-6-2-4-8-42(40)30-44/h1-38H. The predicted octanol–water partition coefficient (Wildman–Crippen LogP) is 16.9. The highest BCUT2D eigenvalue weighted by molar-refractivity contribution is 5.98. The van der Waals surface area contributed by atoms with Crippen LogP contribution in [0.1, 0.15) is 0 Å². The van der Waals surface area contributed by atoms with Crippen LogP contribution in [0, 0.1) is 0 Å². The maximum Gasteiger partial charge on any atom is -0.0177 e. The van der Waals surface area contributed by atoms with Crippen LogP contribution in [0.3, 0.4) is 0 Å². The first-order valence-corrected chi connectivity index (χ1v) is 20.8. The summed E-state index contributed by atoms with van der Waals surface area (Å²) in [5, 5.41) is 15.1. The zero-order valence-corrected chi connectivity index (χ0v) is 32.9. The van der Waals surface area contributed by atoms with Crippen molar-refractivity contribution in [1.29, 1.82) is 0 Å². The van der Waals surface area contributed by atoms with E-state index in [9.17, 15) is 0 Å². The van der Waals surface area contributed by atoms with E-state index in [1.54, 1.807) is 0 Å². The molecule has 0 aliphatic carbocycles. The molecule has 0 atom stereocenters. The van der Waals surface area contributed by atoms with Gasteiger partial charge in [-0.2, -0.15) is 0 Å². The Morgan fingerprint density at radius 2 is 0.250 bits per heavy atom. The van der Waals surface area contributed by atoms with E-state index in [-0.39, 0.29) is 0 Å². The van der Waals surface area contributed by atoms with E-state index in [4.69, 9.17) is 0 Å². The van der Waals surface area contributed by atoms with Crippen LogP contribution in [-0.2, 0) is 0 Å². The number of fused-ring (bicyclic) bond motifs is 6. The van der Waals surface area contributed by atoms with Crippen molar-refractivity contribution < 1.29 is 0 Å². The van der Waals surface area contributed by atoms with E-state index in [1.165, 1.54) is 120 Å². The molecular formula is C60H38. The van der Waals surface area contributed by atoms with E-state index < -0.39 is 0 Å². The quantitative estimate of drug-likeness (QED) is 0.164.